The number of carbonyl (C=O) groups is 1. The molecule has 0 aliphatic carbocycles. The lowest BCUT2D eigenvalue weighted by atomic mass is 10.0. The Morgan fingerprint density at radius 3 is 2.92 bits per heavy atom. The highest BCUT2D eigenvalue weighted by Crippen LogP contribution is 2.28. The molecule has 1 N–H and O–H groups in total. The number of fused-ring (bicyclic) bond motifs is 1. The van der Waals surface area contributed by atoms with Gasteiger partial charge in [0.25, 0.3) is 5.91 Å². The second-order valence-corrected chi connectivity index (χ2v) is 7.20. The summed E-state index contributed by atoms with van der Waals surface area (Å²) < 4.78 is 0.847. The molecule has 25 heavy (non-hydrogen) atoms. The van der Waals surface area contributed by atoms with E-state index in [0.29, 0.717) is 11.6 Å². The average Bonchev–Trinajstić information content (AvgIpc) is 3.08. The first-order valence-electron chi connectivity index (χ1n) is 8.37. The molecule has 3 aromatic heterocycles. The Hall–Kier alpha value is -2.54. The van der Waals surface area contributed by atoms with Gasteiger partial charge in [0, 0.05) is 18.8 Å². The number of likely N-dealkylation sites (tertiary alicyclic amines) is 1. The van der Waals surface area contributed by atoms with E-state index in [0.717, 1.165) is 28.9 Å². The van der Waals surface area contributed by atoms with Crippen molar-refractivity contribution in [1.29, 1.82) is 0 Å². The summed E-state index contributed by atoms with van der Waals surface area (Å²) in [7, 11) is 0. The van der Waals surface area contributed by atoms with Crippen LogP contribution in [-0.4, -0.2) is 38.3 Å². The third-order valence-corrected chi connectivity index (χ3v) is 5.47. The van der Waals surface area contributed by atoms with Crippen LogP contribution in [0.5, 0.6) is 0 Å². The van der Waals surface area contributed by atoms with Crippen LogP contribution in [0.15, 0.2) is 35.8 Å². The van der Waals surface area contributed by atoms with Crippen molar-refractivity contribution in [2.24, 2.45) is 0 Å². The van der Waals surface area contributed by atoms with Gasteiger partial charge in [-0.3, -0.25) is 9.78 Å². The molecule has 3 aromatic rings. The number of nitrogens with one attached hydrogen (secondary N) is 1. The largest absolute Gasteiger partial charge is 0.346 e. The second kappa shape index (κ2) is 6.40. The molecule has 1 saturated heterocycles. The summed E-state index contributed by atoms with van der Waals surface area (Å²) in [6, 6.07) is 7.94. The van der Waals surface area contributed by atoms with Crippen LogP contribution in [0.3, 0.4) is 0 Å². The number of carbonyl (C=O) groups excluding carboxylic acids is 1. The molecule has 2 unspecified atom stereocenters. The monoisotopic (exact) mass is 353 g/mol. The predicted molar refractivity (Wildman–Crippen MR) is 98.8 cm³/mol. The lowest BCUT2D eigenvalue weighted by molar-refractivity contribution is 0.0498. The summed E-state index contributed by atoms with van der Waals surface area (Å²) >= 11 is 1.51. The highest BCUT2D eigenvalue weighted by atomic mass is 32.1. The van der Waals surface area contributed by atoms with Gasteiger partial charge in [0.05, 0.1) is 22.0 Å². The third kappa shape index (κ3) is 2.95. The van der Waals surface area contributed by atoms with Crippen LogP contribution in [0.4, 0.5) is 5.95 Å². The van der Waals surface area contributed by atoms with Crippen molar-refractivity contribution in [3.63, 3.8) is 0 Å². The molecule has 0 spiro atoms. The van der Waals surface area contributed by atoms with Gasteiger partial charge in [-0.15, -0.1) is 11.3 Å². The van der Waals surface area contributed by atoms with Gasteiger partial charge in [-0.1, -0.05) is 6.07 Å². The quantitative estimate of drug-likeness (QED) is 0.777. The molecule has 0 bridgehead atoms. The van der Waals surface area contributed by atoms with Gasteiger partial charge < -0.3 is 10.2 Å². The Morgan fingerprint density at radius 2 is 2.24 bits per heavy atom. The molecule has 128 valence electrons. The molecular formula is C18H19N5OS. The minimum absolute atomic E-state index is 0.0119. The van der Waals surface area contributed by atoms with Crippen LogP contribution < -0.4 is 5.32 Å². The Kier molecular flexibility index (Phi) is 4.09. The maximum atomic E-state index is 12.9. The van der Waals surface area contributed by atoms with E-state index >= 15 is 0 Å². The van der Waals surface area contributed by atoms with E-state index < -0.39 is 0 Å². The van der Waals surface area contributed by atoms with Crippen LogP contribution in [0.1, 0.15) is 42.5 Å². The highest BCUT2D eigenvalue weighted by Gasteiger charge is 2.31. The Bertz CT molecular complexity index is 910. The maximum Gasteiger partial charge on any atom is 0.274 e. The smallest absolute Gasteiger partial charge is 0.274 e. The molecule has 0 radical (unpaired) electrons. The zero-order chi connectivity index (χ0) is 17.4. The molecule has 6 nitrogen and oxygen atoms in total. The highest BCUT2D eigenvalue weighted by molar-refractivity contribution is 7.17. The van der Waals surface area contributed by atoms with E-state index in [1.807, 2.05) is 41.5 Å². The fraction of sp³-hybridized carbons (Fsp3) is 0.333. The first kappa shape index (κ1) is 16.0. The normalized spacial score (nSPS) is 18.0. The molecule has 4 heterocycles. The summed E-state index contributed by atoms with van der Waals surface area (Å²) in [6.07, 6.45) is 2.81. The molecular weight excluding hydrogens is 334 g/mol. The summed E-state index contributed by atoms with van der Waals surface area (Å²) in [5.41, 5.74) is 2.19. The summed E-state index contributed by atoms with van der Waals surface area (Å²) in [5.74, 6) is 0.447. The molecule has 0 aromatic carbocycles. The Morgan fingerprint density at radius 1 is 1.36 bits per heavy atom. The number of hydrogen-bond donors (Lipinski definition) is 1. The van der Waals surface area contributed by atoms with E-state index in [9.17, 15) is 4.79 Å². The fourth-order valence-corrected chi connectivity index (χ4v) is 3.74. The van der Waals surface area contributed by atoms with Crippen molar-refractivity contribution < 1.29 is 4.79 Å². The van der Waals surface area contributed by atoms with E-state index in [4.69, 9.17) is 0 Å². The number of thiophene rings is 1. The standard InChI is InChI=1S/C18H19N5OS/c1-11-6-9-23(11)17(24)15-16-14(7-10-25-16)21-18(22-15)20-12(2)13-5-3-4-8-19-13/h3-5,7-8,10-12H,6,9H2,1-2H3,(H,20,21,22). The molecule has 1 aliphatic rings. The molecule has 2 atom stereocenters. The number of aromatic nitrogens is 3. The summed E-state index contributed by atoms with van der Waals surface area (Å²) in [4.78, 5) is 28.2. The van der Waals surface area contributed by atoms with Crippen molar-refractivity contribution in [1.82, 2.24) is 19.9 Å². The maximum absolute atomic E-state index is 12.9. The van der Waals surface area contributed by atoms with Gasteiger partial charge in [-0.25, -0.2) is 9.97 Å². The summed E-state index contributed by atoms with van der Waals surface area (Å²) in [5, 5.41) is 5.22. The van der Waals surface area contributed by atoms with Crippen LogP contribution in [0.2, 0.25) is 0 Å². The van der Waals surface area contributed by atoms with Gasteiger partial charge in [-0.2, -0.15) is 0 Å². The van der Waals surface area contributed by atoms with Crippen molar-refractivity contribution in [2.45, 2.75) is 32.4 Å². The van der Waals surface area contributed by atoms with Crippen LogP contribution in [0.25, 0.3) is 10.2 Å². The molecule has 1 amide bonds. The van der Waals surface area contributed by atoms with Crippen molar-refractivity contribution in [3.05, 3.63) is 47.2 Å². The number of amides is 1. The SMILES string of the molecule is CC(Nc1nc(C(=O)N2CCC2C)c2sccc2n1)c1ccccn1. The molecule has 7 heteroatoms. The fourth-order valence-electron chi connectivity index (χ4n) is 2.93. The van der Waals surface area contributed by atoms with E-state index in [1.54, 1.807) is 6.20 Å². The Labute approximate surface area is 149 Å². The van der Waals surface area contributed by atoms with Crippen molar-refractivity contribution >= 4 is 33.4 Å². The Balaban J connectivity index is 1.67. The predicted octanol–water partition coefficient (Wildman–Crippen LogP) is 3.49. The number of nitrogens with zero attached hydrogens (tertiary/aromatic N) is 4. The minimum atomic E-state index is -0.0526. The molecule has 1 fully saturated rings. The second-order valence-electron chi connectivity index (χ2n) is 6.29. The van der Waals surface area contributed by atoms with Crippen LogP contribution in [-0.2, 0) is 0 Å². The zero-order valence-electron chi connectivity index (χ0n) is 14.1. The lowest BCUT2D eigenvalue weighted by Crippen LogP contribution is -2.49. The molecule has 1 aliphatic heterocycles. The molecule has 0 saturated carbocycles. The van der Waals surface area contributed by atoms with Crippen molar-refractivity contribution in [3.8, 4) is 0 Å². The van der Waals surface area contributed by atoms with Gasteiger partial charge in [0.1, 0.15) is 0 Å². The molecule has 4 rings (SSSR count). The number of rotatable bonds is 4. The van der Waals surface area contributed by atoms with Crippen LogP contribution >= 0.6 is 11.3 Å². The van der Waals surface area contributed by atoms with Gasteiger partial charge in [0.2, 0.25) is 5.95 Å². The first-order chi connectivity index (χ1) is 12.1. The van der Waals surface area contributed by atoms with E-state index in [-0.39, 0.29) is 18.0 Å². The lowest BCUT2D eigenvalue weighted by Gasteiger charge is -2.38. The van der Waals surface area contributed by atoms with Gasteiger partial charge in [0.15, 0.2) is 5.69 Å². The third-order valence-electron chi connectivity index (χ3n) is 4.56. The summed E-state index contributed by atoms with van der Waals surface area (Å²) in [6.45, 7) is 4.86. The average molecular weight is 353 g/mol. The number of pyridine rings is 1. The van der Waals surface area contributed by atoms with Gasteiger partial charge in [-0.05, 0) is 43.8 Å². The topological polar surface area (TPSA) is 71.0 Å². The number of anilines is 1. The van der Waals surface area contributed by atoms with E-state index in [2.05, 4.69) is 27.2 Å². The van der Waals surface area contributed by atoms with Crippen molar-refractivity contribution in [2.75, 3.05) is 11.9 Å². The zero-order valence-corrected chi connectivity index (χ0v) is 15.0. The number of hydrogen-bond acceptors (Lipinski definition) is 6. The first-order valence-corrected chi connectivity index (χ1v) is 9.25. The van der Waals surface area contributed by atoms with E-state index in [1.165, 1.54) is 11.3 Å². The van der Waals surface area contributed by atoms with Crippen LogP contribution in [0, 0.1) is 0 Å². The van der Waals surface area contributed by atoms with Gasteiger partial charge >= 0.3 is 0 Å². The minimum Gasteiger partial charge on any atom is -0.346 e.